The van der Waals surface area contributed by atoms with Crippen LogP contribution in [0.3, 0.4) is 0 Å². The quantitative estimate of drug-likeness (QED) is 0.787. The van der Waals surface area contributed by atoms with E-state index in [1.165, 1.54) is 12.1 Å². The summed E-state index contributed by atoms with van der Waals surface area (Å²) < 4.78 is 5.72. The minimum atomic E-state index is -0.161. The number of fused-ring (bicyclic) bond motifs is 1. The maximum atomic E-state index is 11.6. The first-order valence-corrected chi connectivity index (χ1v) is 4.81. The molecule has 0 unspecified atom stereocenters. The second-order valence-electron chi connectivity index (χ2n) is 2.99. The molecule has 0 aliphatic heterocycles. The molecule has 1 aromatic heterocycles. The lowest BCUT2D eigenvalue weighted by atomic mass is 10.2. The molecule has 0 aliphatic rings. The highest BCUT2D eigenvalue weighted by Gasteiger charge is 2.09. The fraction of sp³-hybridized carbons (Fsp3) is 0.100. The number of aromatic hydroxyl groups is 1. The van der Waals surface area contributed by atoms with Gasteiger partial charge in [-0.05, 0) is 35.0 Å². The van der Waals surface area contributed by atoms with Crippen molar-refractivity contribution in [3.05, 3.63) is 38.7 Å². The molecule has 0 aliphatic carbocycles. The molecule has 0 bridgehead atoms. The second-order valence-corrected chi connectivity index (χ2v) is 3.79. The zero-order valence-corrected chi connectivity index (χ0v) is 8.96. The topological polar surface area (TPSA) is 50.4 Å². The number of phenolic OH excluding ortho intramolecular Hbond substituents is 1. The minimum Gasteiger partial charge on any atom is -0.507 e. The zero-order chi connectivity index (χ0) is 10.3. The van der Waals surface area contributed by atoms with E-state index in [4.69, 9.17) is 4.42 Å². The highest BCUT2D eigenvalue weighted by Crippen LogP contribution is 2.30. The third-order valence-electron chi connectivity index (χ3n) is 1.94. The molecule has 3 nitrogen and oxygen atoms in total. The molecule has 0 radical (unpaired) electrons. The molecule has 14 heavy (non-hydrogen) atoms. The lowest BCUT2D eigenvalue weighted by molar-refractivity contribution is 0.472. The zero-order valence-electron chi connectivity index (χ0n) is 7.37. The summed E-state index contributed by atoms with van der Waals surface area (Å²) in [6, 6.07) is 4.45. The molecule has 1 N–H and O–H groups in total. The summed E-state index contributed by atoms with van der Waals surface area (Å²) in [5.41, 5.74) is 0.311. The average Bonchev–Trinajstić information content (AvgIpc) is 2.10. The maximum absolute atomic E-state index is 11.6. The first-order valence-electron chi connectivity index (χ1n) is 4.01. The summed E-state index contributed by atoms with van der Waals surface area (Å²) in [7, 11) is 0. The molecule has 0 spiro atoms. The molecule has 2 aromatic rings. The van der Waals surface area contributed by atoms with Gasteiger partial charge in [-0.15, -0.1) is 0 Å². The van der Waals surface area contributed by atoms with Gasteiger partial charge in [-0.1, -0.05) is 0 Å². The summed E-state index contributed by atoms with van der Waals surface area (Å²) in [5.74, 6) is 0.591. The normalized spacial score (nSPS) is 10.7. The molecule has 4 heteroatoms. The predicted octanol–water partition coefficient (Wildman–Crippen LogP) is 2.57. The van der Waals surface area contributed by atoms with Gasteiger partial charge in [0.05, 0.1) is 9.86 Å². The molecule has 0 atom stereocenters. The lowest BCUT2D eigenvalue weighted by Crippen LogP contribution is -2.00. The van der Waals surface area contributed by atoms with Gasteiger partial charge >= 0.3 is 0 Å². The van der Waals surface area contributed by atoms with E-state index in [9.17, 15) is 9.90 Å². The van der Waals surface area contributed by atoms with Crippen LogP contribution in [-0.4, -0.2) is 5.11 Å². The molecule has 0 amide bonds. The van der Waals surface area contributed by atoms with Crippen molar-refractivity contribution >= 4 is 26.9 Å². The fourth-order valence-electron chi connectivity index (χ4n) is 1.32. The standard InChI is InChI=1S/C10H7BrO3/c1-5-4-7(13)9-8(14-5)3-2-6(12)10(9)11/h2-4,12H,1H3. The largest absolute Gasteiger partial charge is 0.507 e. The number of halogens is 1. The van der Waals surface area contributed by atoms with Crippen molar-refractivity contribution in [3.8, 4) is 5.75 Å². The van der Waals surface area contributed by atoms with Crippen LogP contribution in [0.1, 0.15) is 5.76 Å². The minimum absolute atomic E-state index is 0.0358. The summed E-state index contributed by atoms with van der Waals surface area (Å²) in [5, 5.41) is 9.75. The molecular weight excluding hydrogens is 248 g/mol. The number of phenols is 1. The SMILES string of the molecule is Cc1cc(=O)c2c(Br)c(O)ccc2o1. The van der Waals surface area contributed by atoms with Gasteiger partial charge in [-0.25, -0.2) is 0 Å². The Balaban J connectivity index is 3.03. The Bertz CT molecular complexity index is 557. The van der Waals surface area contributed by atoms with E-state index in [0.29, 0.717) is 21.2 Å². The third kappa shape index (κ3) is 1.32. The van der Waals surface area contributed by atoms with E-state index in [0.717, 1.165) is 0 Å². The molecule has 0 saturated heterocycles. The van der Waals surface area contributed by atoms with Crippen LogP contribution in [0.4, 0.5) is 0 Å². The number of aryl methyl sites for hydroxylation is 1. The summed E-state index contributed by atoms with van der Waals surface area (Å²) >= 11 is 3.15. The summed E-state index contributed by atoms with van der Waals surface area (Å²) in [4.78, 5) is 11.6. The van der Waals surface area contributed by atoms with E-state index >= 15 is 0 Å². The van der Waals surface area contributed by atoms with Crippen molar-refractivity contribution in [2.45, 2.75) is 6.92 Å². The van der Waals surface area contributed by atoms with Crippen molar-refractivity contribution in [1.29, 1.82) is 0 Å². The van der Waals surface area contributed by atoms with Gasteiger partial charge < -0.3 is 9.52 Å². The maximum Gasteiger partial charge on any atom is 0.194 e. The first-order chi connectivity index (χ1) is 6.59. The summed E-state index contributed by atoms with van der Waals surface area (Å²) in [6.45, 7) is 1.71. The number of benzene rings is 1. The van der Waals surface area contributed by atoms with Crippen molar-refractivity contribution in [1.82, 2.24) is 0 Å². The Hall–Kier alpha value is -1.29. The van der Waals surface area contributed by atoms with E-state index < -0.39 is 0 Å². The fourth-order valence-corrected chi connectivity index (χ4v) is 1.84. The molecule has 72 valence electrons. The Kier molecular flexibility index (Phi) is 2.07. The van der Waals surface area contributed by atoms with E-state index in [1.807, 2.05) is 0 Å². The van der Waals surface area contributed by atoms with Crippen LogP contribution < -0.4 is 5.43 Å². The van der Waals surface area contributed by atoms with Crippen LogP contribution >= 0.6 is 15.9 Å². The van der Waals surface area contributed by atoms with Crippen LogP contribution in [0.15, 0.2) is 31.9 Å². The van der Waals surface area contributed by atoms with Gasteiger partial charge in [0.1, 0.15) is 17.1 Å². The monoisotopic (exact) mass is 254 g/mol. The van der Waals surface area contributed by atoms with Gasteiger partial charge in [0.15, 0.2) is 5.43 Å². The smallest absolute Gasteiger partial charge is 0.194 e. The van der Waals surface area contributed by atoms with Crippen LogP contribution in [0, 0.1) is 6.92 Å². The van der Waals surface area contributed by atoms with Gasteiger partial charge in [0, 0.05) is 6.07 Å². The highest BCUT2D eigenvalue weighted by molar-refractivity contribution is 9.10. The third-order valence-corrected chi connectivity index (χ3v) is 2.74. The molecular formula is C10H7BrO3. The first kappa shape index (κ1) is 9.27. The number of hydrogen-bond acceptors (Lipinski definition) is 3. The Morgan fingerprint density at radius 2 is 2.14 bits per heavy atom. The van der Waals surface area contributed by atoms with E-state index in [2.05, 4.69) is 15.9 Å². The summed E-state index contributed by atoms with van der Waals surface area (Å²) in [6.07, 6.45) is 0. The molecule has 1 aromatic carbocycles. The Morgan fingerprint density at radius 1 is 1.43 bits per heavy atom. The number of hydrogen-bond donors (Lipinski definition) is 1. The predicted molar refractivity (Wildman–Crippen MR) is 56.6 cm³/mol. The van der Waals surface area contributed by atoms with Crippen molar-refractivity contribution in [2.75, 3.05) is 0 Å². The molecule has 0 saturated carbocycles. The molecule has 2 rings (SSSR count). The van der Waals surface area contributed by atoms with Gasteiger partial charge in [-0.3, -0.25) is 4.79 Å². The van der Waals surface area contributed by atoms with Crippen LogP contribution in [-0.2, 0) is 0 Å². The van der Waals surface area contributed by atoms with Gasteiger partial charge in [0.25, 0.3) is 0 Å². The van der Waals surface area contributed by atoms with Crippen molar-refractivity contribution in [2.24, 2.45) is 0 Å². The Morgan fingerprint density at radius 3 is 2.86 bits per heavy atom. The average molecular weight is 255 g/mol. The Labute approximate surface area is 88.1 Å². The lowest BCUT2D eigenvalue weighted by Gasteiger charge is -2.02. The van der Waals surface area contributed by atoms with Crippen LogP contribution in [0.25, 0.3) is 11.0 Å². The van der Waals surface area contributed by atoms with E-state index in [-0.39, 0.29) is 11.2 Å². The second kappa shape index (κ2) is 3.13. The van der Waals surface area contributed by atoms with Crippen molar-refractivity contribution < 1.29 is 9.52 Å². The van der Waals surface area contributed by atoms with E-state index in [1.54, 1.807) is 13.0 Å². The number of rotatable bonds is 0. The van der Waals surface area contributed by atoms with Crippen molar-refractivity contribution in [3.63, 3.8) is 0 Å². The van der Waals surface area contributed by atoms with Crippen LogP contribution in [0.5, 0.6) is 5.75 Å². The van der Waals surface area contributed by atoms with Gasteiger partial charge in [-0.2, -0.15) is 0 Å². The van der Waals surface area contributed by atoms with Crippen LogP contribution in [0.2, 0.25) is 0 Å². The highest BCUT2D eigenvalue weighted by atomic mass is 79.9. The van der Waals surface area contributed by atoms with Gasteiger partial charge in [0.2, 0.25) is 0 Å². The molecule has 1 heterocycles. The molecule has 0 fully saturated rings.